The summed E-state index contributed by atoms with van der Waals surface area (Å²) in [7, 11) is 1.59. The highest BCUT2D eigenvalue weighted by Gasteiger charge is 2.18. The van der Waals surface area contributed by atoms with Crippen molar-refractivity contribution < 1.29 is 9.53 Å². The van der Waals surface area contributed by atoms with Crippen LogP contribution >= 0.6 is 0 Å². The fourth-order valence-corrected chi connectivity index (χ4v) is 3.59. The van der Waals surface area contributed by atoms with Gasteiger partial charge in [-0.3, -0.25) is 4.79 Å². The summed E-state index contributed by atoms with van der Waals surface area (Å²) < 4.78 is 5.33. The van der Waals surface area contributed by atoms with Gasteiger partial charge in [0.05, 0.1) is 24.7 Å². The molecule has 0 saturated carbocycles. The fraction of sp³-hybridized carbons (Fsp3) is 0.217. The Labute approximate surface area is 165 Å². The molecular weight excluding hydrogens is 350 g/mol. The summed E-state index contributed by atoms with van der Waals surface area (Å²) in [6, 6.07) is 17.8. The van der Waals surface area contributed by atoms with E-state index in [0.29, 0.717) is 17.1 Å². The second kappa shape index (κ2) is 7.72. The van der Waals surface area contributed by atoms with Crippen molar-refractivity contribution in [1.82, 2.24) is 4.98 Å². The smallest absolute Gasteiger partial charge is 0.274 e. The lowest BCUT2D eigenvalue weighted by atomic mass is 10.0. The second-order valence-corrected chi connectivity index (χ2v) is 6.94. The van der Waals surface area contributed by atoms with Gasteiger partial charge in [0.2, 0.25) is 0 Å². The van der Waals surface area contributed by atoms with Crippen molar-refractivity contribution in [2.45, 2.75) is 19.8 Å². The standard InChI is InChI=1S/C23H23N3O2/c1-16-9-12-22(28-2)20(14-16)25-23(27)19-11-10-18(15-24-19)26-13-5-7-17-6-3-4-8-21(17)26/h3-4,6,8-12,14-15H,5,7,13H2,1-2H3,(H,25,27). The number of carbonyl (C=O) groups is 1. The lowest BCUT2D eigenvalue weighted by Gasteiger charge is -2.31. The van der Waals surface area contributed by atoms with E-state index < -0.39 is 0 Å². The number of aromatic nitrogens is 1. The maximum atomic E-state index is 12.6. The number of ether oxygens (including phenoxy) is 1. The normalized spacial score (nSPS) is 13.0. The Morgan fingerprint density at radius 1 is 1.14 bits per heavy atom. The zero-order chi connectivity index (χ0) is 19.5. The average molecular weight is 373 g/mol. The molecule has 0 spiro atoms. The van der Waals surface area contributed by atoms with Crippen LogP contribution in [0, 0.1) is 6.92 Å². The molecule has 1 N–H and O–H groups in total. The minimum absolute atomic E-state index is 0.255. The van der Waals surface area contributed by atoms with Crippen LogP contribution in [-0.4, -0.2) is 24.5 Å². The molecule has 2 heterocycles. The minimum Gasteiger partial charge on any atom is -0.495 e. The first kappa shape index (κ1) is 18.0. The summed E-state index contributed by atoms with van der Waals surface area (Å²) in [4.78, 5) is 19.3. The van der Waals surface area contributed by atoms with Crippen LogP contribution in [0.3, 0.4) is 0 Å². The van der Waals surface area contributed by atoms with Crippen LogP contribution in [0.5, 0.6) is 5.75 Å². The molecule has 0 atom stereocenters. The summed E-state index contributed by atoms with van der Waals surface area (Å²) in [5.74, 6) is 0.370. The number of rotatable bonds is 4. The molecule has 0 fully saturated rings. The number of amides is 1. The molecule has 0 unspecified atom stereocenters. The number of carbonyl (C=O) groups excluding carboxylic acids is 1. The number of hydrogen-bond donors (Lipinski definition) is 1. The van der Waals surface area contributed by atoms with Gasteiger partial charge in [0, 0.05) is 12.2 Å². The molecule has 3 aromatic rings. The van der Waals surface area contributed by atoms with Gasteiger partial charge < -0.3 is 15.0 Å². The Morgan fingerprint density at radius 2 is 2.00 bits per heavy atom. The highest BCUT2D eigenvalue weighted by Crippen LogP contribution is 2.33. The van der Waals surface area contributed by atoms with E-state index in [1.807, 2.05) is 31.2 Å². The molecule has 0 saturated heterocycles. The predicted octanol–water partition coefficient (Wildman–Crippen LogP) is 4.74. The van der Waals surface area contributed by atoms with Crippen LogP contribution in [0.4, 0.5) is 17.1 Å². The third kappa shape index (κ3) is 3.56. The lowest BCUT2D eigenvalue weighted by Crippen LogP contribution is -2.24. The van der Waals surface area contributed by atoms with Crippen molar-refractivity contribution in [1.29, 1.82) is 0 Å². The first-order chi connectivity index (χ1) is 13.7. The Morgan fingerprint density at radius 3 is 2.79 bits per heavy atom. The third-order valence-electron chi connectivity index (χ3n) is 5.01. The van der Waals surface area contributed by atoms with E-state index in [-0.39, 0.29) is 5.91 Å². The number of aryl methyl sites for hydroxylation is 2. The molecule has 5 nitrogen and oxygen atoms in total. The van der Waals surface area contributed by atoms with Gasteiger partial charge in [-0.25, -0.2) is 4.98 Å². The maximum Gasteiger partial charge on any atom is 0.274 e. The summed E-state index contributed by atoms with van der Waals surface area (Å²) in [6.45, 7) is 2.92. The Bertz CT molecular complexity index is 999. The highest BCUT2D eigenvalue weighted by molar-refractivity contribution is 6.03. The monoisotopic (exact) mass is 373 g/mol. The van der Waals surface area contributed by atoms with E-state index >= 15 is 0 Å². The average Bonchev–Trinajstić information content (AvgIpc) is 2.73. The van der Waals surface area contributed by atoms with E-state index in [2.05, 4.69) is 39.5 Å². The van der Waals surface area contributed by atoms with Crippen molar-refractivity contribution in [3.8, 4) is 5.75 Å². The number of fused-ring (bicyclic) bond motifs is 1. The Balaban J connectivity index is 1.54. The van der Waals surface area contributed by atoms with Gasteiger partial charge in [-0.05, 0) is 61.2 Å². The molecule has 4 rings (SSSR count). The minimum atomic E-state index is -0.255. The van der Waals surface area contributed by atoms with E-state index in [1.165, 1.54) is 11.3 Å². The van der Waals surface area contributed by atoms with E-state index in [9.17, 15) is 4.79 Å². The largest absolute Gasteiger partial charge is 0.495 e. The summed E-state index contributed by atoms with van der Waals surface area (Å²) in [6.07, 6.45) is 3.97. The molecule has 2 aromatic carbocycles. The third-order valence-corrected chi connectivity index (χ3v) is 5.01. The Hall–Kier alpha value is -3.34. The molecule has 0 aliphatic carbocycles. The van der Waals surface area contributed by atoms with E-state index in [0.717, 1.165) is 30.6 Å². The molecule has 1 amide bonds. The zero-order valence-electron chi connectivity index (χ0n) is 16.1. The number of nitrogens with zero attached hydrogens (tertiary/aromatic N) is 2. The second-order valence-electron chi connectivity index (χ2n) is 6.94. The van der Waals surface area contributed by atoms with Gasteiger partial charge in [-0.2, -0.15) is 0 Å². The number of para-hydroxylation sites is 1. The molecule has 28 heavy (non-hydrogen) atoms. The van der Waals surface area contributed by atoms with Gasteiger partial charge in [0.1, 0.15) is 11.4 Å². The quantitative estimate of drug-likeness (QED) is 0.718. The predicted molar refractivity (Wildman–Crippen MR) is 112 cm³/mol. The molecule has 1 aliphatic heterocycles. The number of anilines is 3. The van der Waals surface area contributed by atoms with Gasteiger partial charge >= 0.3 is 0 Å². The number of benzene rings is 2. The number of methoxy groups -OCH3 is 1. The van der Waals surface area contributed by atoms with Crippen molar-refractivity contribution in [2.75, 3.05) is 23.9 Å². The van der Waals surface area contributed by atoms with Crippen LogP contribution in [0.1, 0.15) is 28.0 Å². The lowest BCUT2D eigenvalue weighted by molar-refractivity contribution is 0.102. The van der Waals surface area contributed by atoms with Crippen LogP contribution in [0.15, 0.2) is 60.8 Å². The maximum absolute atomic E-state index is 12.6. The summed E-state index contributed by atoms with van der Waals surface area (Å²) in [5.41, 5.74) is 5.63. The topological polar surface area (TPSA) is 54.5 Å². The van der Waals surface area contributed by atoms with Crippen LogP contribution in [-0.2, 0) is 6.42 Å². The van der Waals surface area contributed by atoms with Crippen LogP contribution in [0.25, 0.3) is 0 Å². The fourth-order valence-electron chi connectivity index (χ4n) is 3.59. The van der Waals surface area contributed by atoms with E-state index in [4.69, 9.17) is 4.74 Å². The summed E-state index contributed by atoms with van der Waals surface area (Å²) >= 11 is 0. The van der Waals surface area contributed by atoms with Crippen molar-refractivity contribution in [3.63, 3.8) is 0 Å². The van der Waals surface area contributed by atoms with Gasteiger partial charge in [-0.1, -0.05) is 24.3 Å². The highest BCUT2D eigenvalue weighted by atomic mass is 16.5. The molecule has 5 heteroatoms. The van der Waals surface area contributed by atoms with Gasteiger partial charge in [-0.15, -0.1) is 0 Å². The van der Waals surface area contributed by atoms with Crippen molar-refractivity contribution in [3.05, 3.63) is 77.6 Å². The number of hydrogen-bond acceptors (Lipinski definition) is 4. The van der Waals surface area contributed by atoms with Gasteiger partial charge in [0.25, 0.3) is 5.91 Å². The number of pyridine rings is 1. The molecule has 0 radical (unpaired) electrons. The van der Waals surface area contributed by atoms with Crippen molar-refractivity contribution >= 4 is 23.0 Å². The zero-order valence-corrected chi connectivity index (χ0v) is 16.1. The SMILES string of the molecule is COc1ccc(C)cc1NC(=O)c1ccc(N2CCCc3ccccc32)cn1. The van der Waals surface area contributed by atoms with Crippen LogP contribution in [0.2, 0.25) is 0 Å². The Kier molecular flexibility index (Phi) is 4.98. The molecule has 1 aromatic heterocycles. The number of nitrogens with one attached hydrogen (secondary N) is 1. The first-order valence-electron chi connectivity index (χ1n) is 9.43. The van der Waals surface area contributed by atoms with E-state index in [1.54, 1.807) is 19.4 Å². The molecule has 1 aliphatic rings. The van der Waals surface area contributed by atoms with Gasteiger partial charge in [0.15, 0.2) is 0 Å². The molecular formula is C23H23N3O2. The summed E-state index contributed by atoms with van der Waals surface area (Å²) in [5, 5.41) is 2.89. The molecule has 0 bridgehead atoms. The van der Waals surface area contributed by atoms with Crippen LogP contribution < -0.4 is 15.0 Å². The van der Waals surface area contributed by atoms with Crippen molar-refractivity contribution in [2.24, 2.45) is 0 Å². The first-order valence-corrected chi connectivity index (χ1v) is 9.43. The molecule has 142 valence electrons.